The maximum Gasteiger partial charge on any atom is 0.257 e. The Bertz CT molecular complexity index is 799. The maximum absolute atomic E-state index is 14.2. The van der Waals surface area contributed by atoms with Gasteiger partial charge in [0.25, 0.3) is 5.91 Å². The smallest absolute Gasteiger partial charge is 0.257 e. The molecule has 1 amide bonds. The van der Waals surface area contributed by atoms with E-state index in [1.807, 2.05) is 6.92 Å². The van der Waals surface area contributed by atoms with Crippen molar-refractivity contribution in [2.24, 2.45) is 5.92 Å². The molecule has 3 rings (SSSR count). The Morgan fingerprint density at radius 1 is 1.50 bits per heavy atom. The second-order valence-electron chi connectivity index (χ2n) is 6.64. The van der Waals surface area contributed by atoms with Crippen LogP contribution in [0.3, 0.4) is 0 Å². The number of nitrogens with one attached hydrogen (secondary N) is 1. The summed E-state index contributed by atoms with van der Waals surface area (Å²) in [5.74, 6) is -0.155. The minimum absolute atomic E-state index is 0.0342. The molecular formula is C19H23FN2O4. The lowest BCUT2D eigenvalue weighted by Gasteiger charge is -2.38. The van der Waals surface area contributed by atoms with Gasteiger partial charge in [0.05, 0.1) is 24.9 Å². The molecule has 1 heterocycles. The van der Waals surface area contributed by atoms with Crippen molar-refractivity contribution in [2.45, 2.75) is 45.3 Å². The Morgan fingerprint density at radius 3 is 2.81 bits per heavy atom. The van der Waals surface area contributed by atoms with Crippen LogP contribution in [0.1, 0.15) is 53.2 Å². The third-order valence-electron chi connectivity index (χ3n) is 4.94. The molecule has 1 fully saturated rings. The van der Waals surface area contributed by atoms with Gasteiger partial charge in [0.15, 0.2) is 11.6 Å². The summed E-state index contributed by atoms with van der Waals surface area (Å²) < 4.78 is 24.2. The van der Waals surface area contributed by atoms with Crippen LogP contribution < -0.4 is 10.1 Å². The van der Waals surface area contributed by atoms with E-state index in [0.717, 1.165) is 0 Å². The monoisotopic (exact) mass is 362 g/mol. The first-order valence-electron chi connectivity index (χ1n) is 8.72. The highest BCUT2D eigenvalue weighted by Gasteiger charge is 2.36. The number of halogens is 1. The van der Waals surface area contributed by atoms with E-state index in [2.05, 4.69) is 10.5 Å². The largest absolute Gasteiger partial charge is 0.494 e. The number of carbonyl (C=O) groups excluding carboxylic acids is 1. The van der Waals surface area contributed by atoms with Crippen LogP contribution in [-0.4, -0.2) is 29.4 Å². The van der Waals surface area contributed by atoms with E-state index in [-0.39, 0.29) is 23.7 Å². The van der Waals surface area contributed by atoms with Crippen molar-refractivity contribution in [3.63, 3.8) is 0 Å². The maximum atomic E-state index is 14.2. The molecule has 7 heteroatoms. The van der Waals surface area contributed by atoms with Crippen molar-refractivity contribution >= 4 is 5.91 Å². The zero-order valence-electron chi connectivity index (χ0n) is 15.1. The fourth-order valence-corrected chi connectivity index (χ4v) is 3.42. The predicted octanol–water partition coefficient (Wildman–Crippen LogP) is 2.94. The first-order valence-corrected chi connectivity index (χ1v) is 8.72. The highest BCUT2D eigenvalue weighted by Crippen LogP contribution is 2.39. The number of aliphatic hydroxyl groups excluding tert-OH is 1. The second kappa shape index (κ2) is 7.45. The van der Waals surface area contributed by atoms with Crippen molar-refractivity contribution in [3.8, 4) is 5.75 Å². The lowest BCUT2D eigenvalue weighted by molar-refractivity contribution is 0.0234. The molecule has 0 spiro atoms. The second-order valence-corrected chi connectivity index (χ2v) is 6.64. The van der Waals surface area contributed by atoms with Gasteiger partial charge in [-0.25, -0.2) is 4.39 Å². The number of benzene rings is 1. The van der Waals surface area contributed by atoms with E-state index < -0.39 is 11.9 Å². The predicted molar refractivity (Wildman–Crippen MR) is 92.5 cm³/mol. The zero-order chi connectivity index (χ0) is 18.8. The van der Waals surface area contributed by atoms with E-state index in [1.165, 1.54) is 13.2 Å². The van der Waals surface area contributed by atoms with Gasteiger partial charge in [0.1, 0.15) is 11.3 Å². The van der Waals surface area contributed by atoms with Crippen molar-refractivity contribution in [1.29, 1.82) is 0 Å². The molecular weight excluding hydrogens is 339 g/mol. The number of hydrogen-bond acceptors (Lipinski definition) is 5. The molecule has 0 saturated heterocycles. The van der Waals surface area contributed by atoms with E-state index in [9.17, 15) is 14.3 Å². The number of ether oxygens (including phenoxy) is 1. The number of nitrogens with zero attached hydrogens (tertiary/aromatic N) is 1. The van der Waals surface area contributed by atoms with Gasteiger partial charge in [-0.3, -0.25) is 4.79 Å². The van der Waals surface area contributed by atoms with Crippen LogP contribution in [0.15, 0.2) is 22.7 Å². The van der Waals surface area contributed by atoms with Crippen LogP contribution in [0, 0.1) is 18.7 Å². The molecule has 26 heavy (non-hydrogen) atoms. The van der Waals surface area contributed by atoms with Crippen LogP contribution in [-0.2, 0) is 6.42 Å². The average molecular weight is 362 g/mol. The molecule has 1 aromatic carbocycles. The van der Waals surface area contributed by atoms with Gasteiger partial charge in [-0.1, -0.05) is 18.1 Å². The van der Waals surface area contributed by atoms with E-state index in [1.54, 1.807) is 19.1 Å². The van der Waals surface area contributed by atoms with Crippen LogP contribution in [0.5, 0.6) is 5.75 Å². The zero-order valence-corrected chi connectivity index (χ0v) is 15.1. The molecule has 1 atom stereocenters. The topological polar surface area (TPSA) is 84.6 Å². The van der Waals surface area contributed by atoms with Gasteiger partial charge in [-0.2, -0.15) is 0 Å². The summed E-state index contributed by atoms with van der Waals surface area (Å²) in [4.78, 5) is 12.8. The first kappa shape index (κ1) is 18.4. The van der Waals surface area contributed by atoms with E-state index >= 15 is 0 Å². The fraction of sp³-hybridized carbons (Fsp3) is 0.474. The number of aryl methyl sites for hydroxylation is 2. The quantitative estimate of drug-likeness (QED) is 0.825. The highest BCUT2D eigenvalue weighted by atomic mass is 19.1. The van der Waals surface area contributed by atoms with E-state index in [4.69, 9.17) is 9.26 Å². The third-order valence-corrected chi connectivity index (χ3v) is 4.94. The Hall–Kier alpha value is -2.41. The van der Waals surface area contributed by atoms with Crippen LogP contribution in [0.2, 0.25) is 0 Å². The molecule has 1 unspecified atom stereocenters. The number of aromatic nitrogens is 1. The SMILES string of the molecule is CCc1noc(C)c1C(=O)NC(c1ccc(OC)c(F)c1)C1CC(O)C1. The minimum Gasteiger partial charge on any atom is -0.494 e. The molecule has 2 N–H and O–H groups in total. The number of aliphatic hydroxyl groups is 1. The lowest BCUT2D eigenvalue weighted by Crippen LogP contribution is -2.41. The summed E-state index contributed by atoms with van der Waals surface area (Å²) in [7, 11) is 1.40. The van der Waals surface area contributed by atoms with Crippen molar-refractivity contribution in [2.75, 3.05) is 7.11 Å². The Morgan fingerprint density at radius 2 is 2.23 bits per heavy atom. The number of rotatable bonds is 6. The van der Waals surface area contributed by atoms with Crippen LogP contribution in [0.25, 0.3) is 0 Å². The van der Waals surface area contributed by atoms with Gasteiger partial charge < -0.3 is 19.7 Å². The van der Waals surface area contributed by atoms with Crippen molar-refractivity contribution in [1.82, 2.24) is 10.5 Å². The Labute approximate surface area is 151 Å². The first-order chi connectivity index (χ1) is 12.4. The standard InChI is InChI=1S/C19H23FN2O4/c1-4-15-17(10(2)26-22-15)19(24)21-18(12-7-13(23)8-12)11-5-6-16(25-3)14(20)9-11/h5-6,9,12-13,18,23H,4,7-8H2,1-3H3,(H,21,24). The summed E-state index contributed by atoms with van der Waals surface area (Å²) in [6, 6.07) is 4.24. The summed E-state index contributed by atoms with van der Waals surface area (Å²) >= 11 is 0. The van der Waals surface area contributed by atoms with Crippen LogP contribution in [0.4, 0.5) is 4.39 Å². The van der Waals surface area contributed by atoms with E-state index in [0.29, 0.717) is 41.8 Å². The highest BCUT2D eigenvalue weighted by molar-refractivity contribution is 5.96. The fourth-order valence-electron chi connectivity index (χ4n) is 3.42. The Kier molecular flexibility index (Phi) is 5.27. The van der Waals surface area contributed by atoms with Gasteiger partial charge in [-0.05, 0) is 49.8 Å². The van der Waals surface area contributed by atoms with Gasteiger partial charge in [0.2, 0.25) is 0 Å². The van der Waals surface area contributed by atoms with Crippen LogP contribution >= 0.6 is 0 Å². The molecule has 6 nitrogen and oxygen atoms in total. The van der Waals surface area contributed by atoms with Crippen molar-refractivity contribution < 1.29 is 23.6 Å². The molecule has 1 saturated carbocycles. The summed E-state index contributed by atoms with van der Waals surface area (Å²) in [6.07, 6.45) is 1.30. The molecule has 140 valence electrons. The molecule has 0 aliphatic heterocycles. The molecule has 2 aromatic rings. The third kappa shape index (κ3) is 3.44. The average Bonchev–Trinajstić information content (AvgIpc) is 2.97. The Balaban J connectivity index is 1.88. The molecule has 1 aromatic heterocycles. The summed E-state index contributed by atoms with van der Waals surface area (Å²) in [5.41, 5.74) is 1.65. The number of carbonyl (C=O) groups is 1. The number of hydrogen-bond donors (Lipinski definition) is 2. The molecule has 0 radical (unpaired) electrons. The molecule has 0 bridgehead atoms. The molecule has 1 aliphatic carbocycles. The number of amides is 1. The summed E-state index contributed by atoms with van der Waals surface area (Å²) in [6.45, 7) is 3.59. The number of methoxy groups -OCH3 is 1. The van der Waals surface area contributed by atoms with Gasteiger partial charge >= 0.3 is 0 Å². The molecule has 1 aliphatic rings. The normalized spacial score (nSPS) is 20.3. The van der Waals surface area contributed by atoms with Gasteiger partial charge in [-0.15, -0.1) is 0 Å². The lowest BCUT2D eigenvalue weighted by atomic mass is 9.75. The van der Waals surface area contributed by atoms with Gasteiger partial charge in [0, 0.05) is 0 Å². The van der Waals surface area contributed by atoms with Crippen molar-refractivity contribution in [3.05, 3.63) is 46.6 Å². The summed E-state index contributed by atoms with van der Waals surface area (Å²) in [5, 5.41) is 16.6. The minimum atomic E-state index is -0.487.